The van der Waals surface area contributed by atoms with Gasteiger partial charge in [-0.15, -0.1) is 10.2 Å². The molecule has 0 bridgehead atoms. The molecule has 0 radical (unpaired) electrons. The van der Waals surface area contributed by atoms with Crippen LogP contribution in [0.15, 0.2) is 42.6 Å². The third kappa shape index (κ3) is 3.28. The molecule has 3 aromatic rings. The minimum atomic E-state index is 0.202. The van der Waals surface area contributed by atoms with Crippen molar-refractivity contribution in [1.29, 1.82) is 0 Å². The summed E-state index contributed by atoms with van der Waals surface area (Å²) in [6.07, 6.45) is 10.6. The minimum Gasteiger partial charge on any atom is -0.341 e. The lowest BCUT2D eigenvalue weighted by Gasteiger charge is -2.29. The number of rotatable bonds is 4. The number of benzene rings is 1. The number of hydrogen-bond donors (Lipinski definition) is 1. The molecule has 0 unspecified atom stereocenters. The molecule has 28 heavy (non-hydrogen) atoms. The summed E-state index contributed by atoms with van der Waals surface area (Å²) in [5.74, 6) is 1.61. The molecule has 5 rings (SSSR count). The van der Waals surface area contributed by atoms with E-state index in [1.54, 1.807) is 0 Å². The molecule has 2 aliphatic rings. The molecule has 0 spiro atoms. The van der Waals surface area contributed by atoms with Crippen LogP contribution in [-0.2, 0) is 6.42 Å². The average Bonchev–Trinajstić information content (AvgIpc) is 3.17. The highest BCUT2D eigenvalue weighted by molar-refractivity contribution is 5.48. The van der Waals surface area contributed by atoms with Gasteiger partial charge in [-0.3, -0.25) is 4.40 Å². The summed E-state index contributed by atoms with van der Waals surface area (Å²) < 4.78 is 2.19. The van der Waals surface area contributed by atoms with Crippen LogP contribution in [0, 0.1) is 0 Å². The van der Waals surface area contributed by atoms with E-state index in [0.717, 1.165) is 43.9 Å². The van der Waals surface area contributed by atoms with Gasteiger partial charge in [0, 0.05) is 25.3 Å². The number of pyridine rings is 1. The van der Waals surface area contributed by atoms with E-state index in [0.29, 0.717) is 5.92 Å². The highest BCUT2D eigenvalue weighted by Crippen LogP contribution is 2.38. The molecule has 5 heteroatoms. The minimum absolute atomic E-state index is 0.202. The Kier molecular flexibility index (Phi) is 4.77. The second kappa shape index (κ2) is 7.55. The van der Waals surface area contributed by atoms with E-state index in [2.05, 4.69) is 62.1 Å². The standard InChI is InChI=1S/C23H29N5/c24-21-12-11-18(19-6-2-3-7-20(19)21)10-8-17-9-13-22-25-26-23(28(22)16-17)27-14-4-1-5-15-27/h2-3,6-7,9,13,16,18,21H,1,4-5,8,10-12,14-15,24H2/t18-,21+/m1/s1. The van der Waals surface area contributed by atoms with E-state index in [4.69, 9.17) is 5.73 Å². The maximum Gasteiger partial charge on any atom is 0.231 e. The largest absolute Gasteiger partial charge is 0.341 e. The highest BCUT2D eigenvalue weighted by Gasteiger charge is 2.24. The van der Waals surface area contributed by atoms with Crippen molar-refractivity contribution in [2.24, 2.45) is 5.73 Å². The molecule has 1 aliphatic carbocycles. The smallest absolute Gasteiger partial charge is 0.231 e. The van der Waals surface area contributed by atoms with E-state index >= 15 is 0 Å². The maximum absolute atomic E-state index is 6.33. The first-order valence-electron chi connectivity index (χ1n) is 10.7. The lowest BCUT2D eigenvalue weighted by molar-refractivity contribution is 0.470. The van der Waals surface area contributed by atoms with E-state index in [9.17, 15) is 0 Å². The zero-order valence-electron chi connectivity index (χ0n) is 16.4. The molecular formula is C23H29N5. The Balaban J connectivity index is 1.35. The van der Waals surface area contributed by atoms with Crippen LogP contribution < -0.4 is 10.6 Å². The number of aromatic nitrogens is 3. The van der Waals surface area contributed by atoms with Crippen molar-refractivity contribution in [3.8, 4) is 0 Å². The molecule has 1 fully saturated rings. The molecule has 5 nitrogen and oxygen atoms in total. The third-order valence-corrected chi connectivity index (χ3v) is 6.53. The monoisotopic (exact) mass is 375 g/mol. The Labute approximate surface area is 166 Å². The highest BCUT2D eigenvalue weighted by atomic mass is 15.4. The van der Waals surface area contributed by atoms with Gasteiger partial charge in [-0.1, -0.05) is 30.3 Å². The first-order chi connectivity index (χ1) is 13.8. The lowest BCUT2D eigenvalue weighted by Crippen LogP contribution is -2.31. The molecule has 2 atom stereocenters. The van der Waals surface area contributed by atoms with Crippen LogP contribution in [0.3, 0.4) is 0 Å². The molecule has 1 aliphatic heterocycles. The number of anilines is 1. The number of hydrogen-bond acceptors (Lipinski definition) is 4. The van der Waals surface area contributed by atoms with Gasteiger partial charge in [0.15, 0.2) is 5.65 Å². The number of nitrogens with two attached hydrogens (primary N) is 1. The first kappa shape index (κ1) is 17.7. The van der Waals surface area contributed by atoms with Gasteiger partial charge in [0.25, 0.3) is 0 Å². The Morgan fingerprint density at radius 2 is 1.75 bits per heavy atom. The summed E-state index contributed by atoms with van der Waals surface area (Å²) in [5, 5.41) is 8.85. The van der Waals surface area contributed by atoms with Gasteiger partial charge in [0.2, 0.25) is 5.95 Å². The maximum atomic E-state index is 6.33. The Morgan fingerprint density at radius 1 is 0.929 bits per heavy atom. The molecule has 1 aromatic carbocycles. The van der Waals surface area contributed by atoms with Gasteiger partial charge in [-0.25, -0.2) is 0 Å². The second-order valence-electron chi connectivity index (χ2n) is 8.36. The van der Waals surface area contributed by atoms with Crippen LogP contribution in [0.1, 0.15) is 67.2 Å². The van der Waals surface area contributed by atoms with Crippen molar-refractivity contribution in [2.75, 3.05) is 18.0 Å². The molecule has 0 saturated carbocycles. The molecule has 3 heterocycles. The van der Waals surface area contributed by atoms with Crippen LogP contribution in [0.4, 0.5) is 5.95 Å². The average molecular weight is 376 g/mol. The van der Waals surface area contributed by atoms with Gasteiger partial charge >= 0.3 is 0 Å². The van der Waals surface area contributed by atoms with Gasteiger partial charge < -0.3 is 10.6 Å². The Hall–Kier alpha value is -2.40. The van der Waals surface area contributed by atoms with Gasteiger partial charge in [0.05, 0.1) is 0 Å². The van der Waals surface area contributed by atoms with Crippen molar-refractivity contribution >= 4 is 11.6 Å². The predicted molar refractivity (Wildman–Crippen MR) is 113 cm³/mol. The number of nitrogens with zero attached hydrogens (tertiary/aromatic N) is 4. The zero-order chi connectivity index (χ0) is 18.9. The number of aryl methyl sites for hydroxylation is 1. The Morgan fingerprint density at radius 3 is 2.61 bits per heavy atom. The zero-order valence-corrected chi connectivity index (χ0v) is 16.4. The fraction of sp³-hybridized carbons (Fsp3) is 0.478. The summed E-state index contributed by atoms with van der Waals surface area (Å²) >= 11 is 0. The fourth-order valence-corrected chi connectivity index (χ4v) is 4.93. The van der Waals surface area contributed by atoms with Crippen molar-refractivity contribution in [1.82, 2.24) is 14.6 Å². The SMILES string of the molecule is N[C@H]1CC[C@@H](CCc2ccc3nnc(N4CCCCC4)n3c2)c2ccccc21. The van der Waals surface area contributed by atoms with E-state index < -0.39 is 0 Å². The topological polar surface area (TPSA) is 59.5 Å². The van der Waals surface area contributed by atoms with Gasteiger partial charge in [0.1, 0.15) is 0 Å². The van der Waals surface area contributed by atoms with Crippen LogP contribution in [0.25, 0.3) is 5.65 Å². The van der Waals surface area contributed by atoms with Crippen LogP contribution in [0.5, 0.6) is 0 Å². The van der Waals surface area contributed by atoms with Crippen molar-refractivity contribution in [3.05, 3.63) is 59.3 Å². The molecule has 146 valence electrons. The van der Waals surface area contributed by atoms with Crippen molar-refractivity contribution < 1.29 is 0 Å². The number of fused-ring (bicyclic) bond motifs is 2. The first-order valence-corrected chi connectivity index (χ1v) is 10.7. The Bertz CT molecular complexity index is 957. The van der Waals surface area contributed by atoms with E-state index in [1.807, 2.05) is 0 Å². The molecule has 2 N–H and O–H groups in total. The normalized spacial score (nSPS) is 22.4. The predicted octanol–water partition coefficient (Wildman–Crippen LogP) is 4.23. The summed E-state index contributed by atoms with van der Waals surface area (Å²) in [4.78, 5) is 2.38. The third-order valence-electron chi connectivity index (χ3n) is 6.53. The second-order valence-corrected chi connectivity index (χ2v) is 8.36. The fourth-order valence-electron chi connectivity index (χ4n) is 4.93. The van der Waals surface area contributed by atoms with Crippen LogP contribution >= 0.6 is 0 Å². The van der Waals surface area contributed by atoms with Crippen LogP contribution in [-0.4, -0.2) is 27.7 Å². The quantitative estimate of drug-likeness (QED) is 0.741. The van der Waals surface area contributed by atoms with Crippen LogP contribution in [0.2, 0.25) is 0 Å². The van der Waals surface area contributed by atoms with Crippen molar-refractivity contribution in [2.45, 2.75) is 56.9 Å². The summed E-state index contributed by atoms with van der Waals surface area (Å²) in [6, 6.07) is 13.3. The lowest BCUT2D eigenvalue weighted by atomic mass is 9.78. The molecular weight excluding hydrogens is 346 g/mol. The van der Waals surface area contributed by atoms with Crippen molar-refractivity contribution in [3.63, 3.8) is 0 Å². The molecule has 2 aromatic heterocycles. The number of piperidine rings is 1. The van der Waals surface area contributed by atoms with Gasteiger partial charge in [-0.2, -0.15) is 0 Å². The van der Waals surface area contributed by atoms with E-state index in [1.165, 1.54) is 42.4 Å². The summed E-state index contributed by atoms with van der Waals surface area (Å²) in [6.45, 7) is 2.17. The van der Waals surface area contributed by atoms with Gasteiger partial charge in [-0.05, 0) is 73.6 Å². The van der Waals surface area contributed by atoms with E-state index in [-0.39, 0.29) is 6.04 Å². The summed E-state index contributed by atoms with van der Waals surface area (Å²) in [7, 11) is 0. The molecule has 1 saturated heterocycles. The summed E-state index contributed by atoms with van der Waals surface area (Å²) in [5.41, 5.74) is 11.4. The molecule has 0 amide bonds.